The number of hydrogen-bond donors (Lipinski definition) is 1. The van der Waals surface area contributed by atoms with Crippen LogP contribution in [0.1, 0.15) is 47.0 Å². The molecule has 1 aliphatic rings. The van der Waals surface area contributed by atoms with Gasteiger partial charge in [-0.05, 0) is 27.2 Å². The first-order valence-corrected chi connectivity index (χ1v) is 7.69. The fourth-order valence-corrected chi connectivity index (χ4v) is 2.40. The lowest BCUT2D eigenvalue weighted by molar-refractivity contribution is -0.144. The highest BCUT2D eigenvalue weighted by molar-refractivity contribution is 5.73. The molecule has 1 unspecified atom stereocenters. The Morgan fingerprint density at radius 2 is 1.76 bits per heavy atom. The molecule has 21 heavy (non-hydrogen) atoms. The van der Waals surface area contributed by atoms with Gasteiger partial charge in [-0.25, -0.2) is 4.79 Å². The molecule has 1 N–H and O–H groups in total. The minimum absolute atomic E-state index is 0.317. The quantitative estimate of drug-likeness (QED) is 0.842. The summed E-state index contributed by atoms with van der Waals surface area (Å²) >= 11 is 0. The van der Waals surface area contributed by atoms with E-state index in [4.69, 9.17) is 4.74 Å². The molecule has 6 heteroatoms. The molecule has 1 aliphatic heterocycles. The molecule has 6 nitrogen and oxygen atoms in total. The van der Waals surface area contributed by atoms with E-state index in [1.807, 2.05) is 25.7 Å². The van der Waals surface area contributed by atoms with E-state index in [-0.39, 0.29) is 6.09 Å². The number of aliphatic carboxylic acids is 1. The Labute approximate surface area is 127 Å². The van der Waals surface area contributed by atoms with Crippen molar-refractivity contribution in [3.8, 4) is 0 Å². The normalized spacial score (nSPS) is 18.4. The third-order valence-corrected chi connectivity index (χ3v) is 3.52. The first-order chi connectivity index (χ1) is 9.74. The maximum absolute atomic E-state index is 12.0. The number of unbranched alkanes of at least 4 members (excludes halogenated alkanes) is 1. The molecule has 0 aromatic rings. The number of hydrogen-bond acceptors (Lipinski definition) is 4. The Balaban J connectivity index is 2.50. The molecule has 0 aromatic heterocycles. The smallest absolute Gasteiger partial charge is 0.410 e. The summed E-state index contributed by atoms with van der Waals surface area (Å²) in [6.07, 6.45) is 2.24. The molecule has 1 atom stereocenters. The number of ether oxygens (including phenoxy) is 1. The largest absolute Gasteiger partial charge is 0.480 e. The van der Waals surface area contributed by atoms with Crippen LogP contribution in [0, 0.1) is 0 Å². The van der Waals surface area contributed by atoms with Crippen molar-refractivity contribution >= 4 is 12.1 Å². The molecular weight excluding hydrogens is 272 g/mol. The van der Waals surface area contributed by atoms with Gasteiger partial charge in [-0.15, -0.1) is 0 Å². The first kappa shape index (κ1) is 17.8. The molecule has 1 rings (SSSR count). The van der Waals surface area contributed by atoms with Crippen LogP contribution in [0.2, 0.25) is 0 Å². The van der Waals surface area contributed by atoms with Crippen molar-refractivity contribution in [3.63, 3.8) is 0 Å². The fraction of sp³-hybridized carbons (Fsp3) is 0.867. The number of amides is 1. The van der Waals surface area contributed by atoms with Crippen molar-refractivity contribution in [1.82, 2.24) is 9.80 Å². The van der Waals surface area contributed by atoms with Gasteiger partial charge >= 0.3 is 12.1 Å². The lowest BCUT2D eigenvalue weighted by atomic mass is 10.1. The van der Waals surface area contributed by atoms with Crippen LogP contribution in [0.4, 0.5) is 4.79 Å². The highest BCUT2D eigenvalue weighted by Crippen LogP contribution is 2.15. The van der Waals surface area contributed by atoms with Crippen molar-refractivity contribution < 1.29 is 19.4 Å². The Hall–Kier alpha value is -1.30. The molecule has 122 valence electrons. The van der Waals surface area contributed by atoms with Gasteiger partial charge in [0.05, 0.1) is 0 Å². The summed E-state index contributed by atoms with van der Waals surface area (Å²) in [4.78, 5) is 26.9. The van der Waals surface area contributed by atoms with Gasteiger partial charge in [-0.1, -0.05) is 19.8 Å². The topological polar surface area (TPSA) is 70.1 Å². The van der Waals surface area contributed by atoms with E-state index in [0.717, 1.165) is 12.8 Å². The number of nitrogens with zero attached hydrogens (tertiary/aromatic N) is 2. The van der Waals surface area contributed by atoms with Crippen molar-refractivity contribution in [2.45, 2.75) is 58.6 Å². The summed E-state index contributed by atoms with van der Waals surface area (Å²) < 4.78 is 5.34. The van der Waals surface area contributed by atoms with Crippen LogP contribution in [0.3, 0.4) is 0 Å². The van der Waals surface area contributed by atoms with E-state index in [9.17, 15) is 14.7 Å². The van der Waals surface area contributed by atoms with Gasteiger partial charge in [-0.3, -0.25) is 9.69 Å². The zero-order chi connectivity index (χ0) is 16.0. The Morgan fingerprint density at radius 3 is 2.19 bits per heavy atom. The molecule has 1 heterocycles. The maximum atomic E-state index is 12.0. The number of carboxylic acid groups (broad SMARTS) is 1. The Kier molecular flexibility index (Phi) is 6.45. The van der Waals surface area contributed by atoms with Gasteiger partial charge in [0.2, 0.25) is 0 Å². The predicted octanol–water partition coefficient (Wildman–Crippen LogP) is 2.18. The van der Waals surface area contributed by atoms with E-state index in [0.29, 0.717) is 32.6 Å². The second-order valence-corrected chi connectivity index (χ2v) is 6.50. The third kappa shape index (κ3) is 5.91. The zero-order valence-corrected chi connectivity index (χ0v) is 13.6. The monoisotopic (exact) mass is 300 g/mol. The number of carbonyl (C=O) groups excluding carboxylic acids is 1. The van der Waals surface area contributed by atoms with E-state index in [2.05, 4.69) is 6.92 Å². The number of carboxylic acids is 1. The predicted molar refractivity (Wildman–Crippen MR) is 80.3 cm³/mol. The van der Waals surface area contributed by atoms with Crippen LogP contribution < -0.4 is 0 Å². The van der Waals surface area contributed by atoms with Gasteiger partial charge in [0.1, 0.15) is 11.6 Å². The standard InChI is InChI=1S/C15H28N2O4/c1-5-6-7-12(13(18)19)16-8-10-17(11-9-16)14(20)21-15(2,3)4/h12H,5-11H2,1-4H3,(H,18,19). The molecule has 0 bridgehead atoms. The molecule has 0 aromatic carbocycles. The molecule has 0 aliphatic carbocycles. The molecule has 1 saturated heterocycles. The molecular formula is C15H28N2O4. The zero-order valence-electron chi connectivity index (χ0n) is 13.6. The van der Waals surface area contributed by atoms with E-state index in [1.165, 1.54) is 0 Å². The number of carbonyl (C=O) groups is 2. The highest BCUT2D eigenvalue weighted by Gasteiger charge is 2.31. The Bertz CT molecular complexity index is 357. The van der Waals surface area contributed by atoms with Gasteiger partial charge in [0, 0.05) is 26.2 Å². The summed E-state index contributed by atoms with van der Waals surface area (Å²) in [6.45, 7) is 9.78. The van der Waals surface area contributed by atoms with E-state index in [1.54, 1.807) is 4.90 Å². The lowest BCUT2D eigenvalue weighted by Gasteiger charge is -2.38. The van der Waals surface area contributed by atoms with Crippen molar-refractivity contribution in [3.05, 3.63) is 0 Å². The summed E-state index contributed by atoms with van der Waals surface area (Å²) in [5, 5.41) is 9.33. The first-order valence-electron chi connectivity index (χ1n) is 7.69. The highest BCUT2D eigenvalue weighted by atomic mass is 16.6. The van der Waals surface area contributed by atoms with E-state index < -0.39 is 17.6 Å². The molecule has 1 amide bonds. The average molecular weight is 300 g/mol. The van der Waals surface area contributed by atoms with Crippen LogP contribution in [-0.4, -0.2) is 64.8 Å². The number of rotatable bonds is 5. The van der Waals surface area contributed by atoms with E-state index >= 15 is 0 Å². The Morgan fingerprint density at radius 1 is 1.19 bits per heavy atom. The maximum Gasteiger partial charge on any atom is 0.410 e. The molecule has 0 spiro atoms. The molecule has 1 fully saturated rings. The van der Waals surface area contributed by atoms with Crippen LogP contribution in [-0.2, 0) is 9.53 Å². The fourth-order valence-electron chi connectivity index (χ4n) is 2.40. The third-order valence-electron chi connectivity index (χ3n) is 3.52. The summed E-state index contributed by atoms with van der Waals surface area (Å²) in [5.41, 5.74) is -0.501. The molecule has 0 saturated carbocycles. The average Bonchev–Trinajstić information content (AvgIpc) is 2.37. The van der Waals surface area contributed by atoms with Crippen LogP contribution in [0.5, 0.6) is 0 Å². The second kappa shape index (κ2) is 7.64. The van der Waals surface area contributed by atoms with Gasteiger partial charge in [0.15, 0.2) is 0 Å². The van der Waals surface area contributed by atoms with Crippen molar-refractivity contribution in [2.75, 3.05) is 26.2 Å². The lowest BCUT2D eigenvalue weighted by Crippen LogP contribution is -2.54. The summed E-state index contributed by atoms with van der Waals surface area (Å²) in [7, 11) is 0. The van der Waals surface area contributed by atoms with Gasteiger partial charge in [0.25, 0.3) is 0 Å². The second-order valence-electron chi connectivity index (χ2n) is 6.50. The summed E-state index contributed by atoms with van der Waals surface area (Å²) in [5.74, 6) is -0.769. The van der Waals surface area contributed by atoms with Gasteiger partial charge < -0.3 is 14.7 Å². The minimum Gasteiger partial charge on any atom is -0.480 e. The van der Waals surface area contributed by atoms with Crippen LogP contribution in [0.25, 0.3) is 0 Å². The van der Waals surface area contributed by atoms with Crippen LogP contribution in [0.15, 0.2) is 0 Å². The number of piperazine rings is 1. The van der Waals surface area contributed by atoms with Crippen molar-refractivity contribution in [1.29, 1.82) is 0 Å². The van der Waals surface area contributed by atoms with Crippen molar-refractivity contribution in [2.24, 2.45) is 0 Å². The van der Waals surface area contributed by atoms with Crippen LogP contribution >= 0.6 is 0 Å². The molecule has 0 radical (unpaired) electrons. The summed E-state index contributed by atoms with van der Waals surface area (Å²) in [6, 6.07) is -0.439. The van der Waals surface area contributed by atoms with Gasteiger partial charge in [-0.2, -0.15) is 0 Å². The minimum atomic E-state index is -0.769. The SMILES string of the molecule is CCCCC(C(=O)O)N1CCN(C(=O)OC(C)(C)C)CC1.